The molecule has 6 rings (SSSR count). The summed E-state index contributed by atoms with van der Waals surface area (Å²) in [5.74, 6) is -0.998. The van der Waals surface area contributed by atoms with E-state index in [2.05, 4.69) is 80.7 Å². The van der Waals surface area contributed by atoms with Crippen LogP contribution in [0.4, 0.5) is 15.9 Å². The van der Waals surface area contributed by atoms with Crippen LogP contribution >= 0.6 is 15.9 Å². The number of amides is 1. The van der Waals surface area contributed by atoms with Gasteiger partial charge in [-0.15, -0.1) is 0 Å². The van der Waals surface area contributed by atoms with Crippen LogP contribution in [0.1, 0.15) is 30.5 Å². The highest BCUT2D eigenvalue weighted by atomic mass is 79.9. The maximum absolute atomic E-state index is 13.8. The molecule has 0 aliphatic carbocycles. The molecule has 1 aromatic heterocycles. The molecule has 11 heteroatoms. The Kier molecular flexibility index (Phi) is 8.50. The number of hydrogen-bond acceptors (Lipinski definition) is 8. The van der Waals surface area contributed by atoms with E-state index in [4.69, 9.17) is 14.7 Å². The first kappa shape index (κ1) is 29.3. The minimum Gasteiger partial charge on any atom is -0.462 e. The van der Waals surface area contributed by atoms with Gasteiger partial charge in [-0.1, -0.05) is 46.8 Å². The molecule has 3 aliphatic heterocycles. The van der Waals surface area contributed by atoms with Gasteiger partial charge in [-0.2, -0.15) is 15.2 Å². The highest BCUT2D eigenvalue weighted by molar-refractivity contribution is 9.10. The summed E-state index contributed by atoms with van der Waals surface area (Å²) < 4.78 is 21.1. The molecule has 4 heterocycles. The molecule has 3 aliphatic rings. The minimum atomic E-state index is -1.01. The Morgan fingerprint density at radius 1 is 1.14 bits per heavy atom. The van der Waals surface area contributed by atoms with Crippen LogP contribution in [0.3, 0.4) is 0 Å². The smallest absolute Gasteiger partial charge is 0.318 e. The number of rotatable bonds is 7. The van der Waals surface area contributed by atoms with Crippen LogP contribution in [0.25, 0.3) is 10.8 Å². The van der Waals surface area contributed by atoms with Crippen LogP contribution < -0.4 is 14.5 Å². The summed E-state index contributed by atoms with van der Waals surface area (Å²) in [6.45, 7) is 7.19. The Morgan fingerprint density at radius 2 is 1.95 bits per heavy atom. The van der Waals surface area contributed by atoms with Gasteiger partial charge < -0.3 is 24.3 Å². The Labute approximate surface area is 259 Å². The number of piperazine rings is 1. The van der Waals surface area contributed by atoms with Crippen LogP contribution in [0, 0.1) is 11.3 Å². The highest BCUT2D eigenvalue weighted by Gasteiger charge is 2.35. The van der Waals surface area contributed by atoms with Crippen LogP contribution in [0.5, 0.6) is 6.01 Å². The number of carbonyl (C=O) groups excluding carboxylic acids is 1. The van der Waals surface area contributed by atoms with E-state index >= 15 is 0 Å². The number of hydrogen-bond donors (Lipinski definition) is 0. The second kappa shape index (κ2) is 12.5. The van der Waals surface area contributed by atoms with Crippen molar-refractivity contribution in [2.75, 3.05) is 56.2 Å². The average Bonchev–Trinajstić information content (AvgIpc) is 3.43. The van der Waals surface area contributed by atoms with Crippen molar-refractivity contribution < 1.29 is 13.9 Å². The number of benzene rings is 2. The van der Waals surface area contributed by atoms with Crippen molar-refractivity contribution in [3.05, 3.63) is 64.5 Å². The number of likely N-dealkylation sites (tertiary alicyclic amines) is 1. The Morgan fingerprint density at radius 3 is 2.70 bits per heavy atom. The Bertz CT molecular complexity index is 1590. The van der Waals surface area contributed by atoms with Crippen molar-refractivity contribution in [3.8, 4) is 12.1 Å². The van der Waals surface area contributed by atoms with Gasteiger partial charge in [0.1, 0.15) is 12.4 Å². The molecule has 9 nitrogen and oxygen atoms in total. The third-order valence-corrected chi connectivity index (χ3v) is 9.53. The van der Waals surface area contributed by atoms with Gasteiger partial charge in [-0.3, -0.25) is 4.79 Å². The number of fused-ring (bicyclic) bond motifs is 2. The first-order valence-electron chi connectivity index (χ1n) is 14.8. The number of ether oxygens (including phenoxy) is 1. The maximum atomic E-state index is 13.8. The molecule has 3 aromatic rings. The predicted octanol–water partition coefficient (Wildman–Crippen LogP) is 4.84. The van der Waals surface area contributed by atoms with Crippen molar-refractivity contribution in [2.24, 2.45) is 0 Å². The quantitative estimate of drug-likeness (QED) is 0.337. The Balaban J connectivity index is 1.34. The summed E-state index contributed by atoms with van der Waals surface area (Å²) in [7, 11) is 2.11. The number of halogens is 2. The van der Waals surface area contributed by atoms with Crippen LogP contribution in [-0.4, -0.2) is 84.1 Å². The first-order chi connectivity index (χ1) is 20.8. The van der Waals surface area contributed by atoms with Gasteiger partial charge in [0.05, 0.1) is 30.8 Å². The fourth-order valence-electron chi connectivity index (χ4n) is 6.57. The molecular weight excluding hydrogens is 613 g/mol. The second-order valence-electron chi connectivity index (χ2n) is 11.5. The number of aromatic nitrogens is 2. The van der Waals surface area contributed by atoms with E-state index in [1.807, 2.05) is 6.07 Å². The normalized spacial score (nSPS) is 20.7. The zero-order chi connectivity index (χ0) is 30.1. The molecule has 2 fully saturated rings. The fraction of sp³-hybridized carbons (Fsp3) is 0.438. The summed E-state index contributed by atoms with van der Waals surface area (Å²) in [4.78, 5) is 30.6. The predicted molar refractivity (Wildman–Crippen MR) is 168 cm³/mol. The van der Waals surface area contributed by atoms with E-state index in [1.54, 1.807) is 0 Å². The van der Waals surface area contributed by atoms with E-state index in [0.29, 0.717) is 38.3 Å². The molecule has 1 amide bonds. The number of carbonyl (C=O) groups is 1. The molecule has 43 heavy (non-hydrogen) atoms. The van der Waals surface area contributed by atoms with Crippen molar-refractivity contribution in [3.63, 3.8) is 0 Å². The van der Waals surface area contributed by atoms with E-state index in [9.17, 15) is 14.4 Å². The van der Waals surface area contributed by atoms with Gasteiger partial charge in [-0.05, 0) is 50.4 Å². The topological polar surface area (TPSA) is 88.8 Å². The lowest BCUT2D eigenvalue weighted by atomic mass is 10.0. The number of likely N-dealkylation sites (N-methyl/N-ethyl adjacent to an activating group) is 1. The van der Waals surface area contributed by atoms with Crippen LogP contribution in [-0.2, 0) is 17.8 Å². The molecule has 2 saturated heterocycles. The van der Waals surface area contributed by atoms with Crippen LogP contribution in [0.15, 0.2) is 53.3 Å². The van der Waals surface area contributed by atoms with Crippen molar-refractivity contribution in [1.82, 2.24) is 19.8 Å². The third kappa shape index (κ3) is 5.91. The van der Waals surface area contributed by atoms with Crippen molar-refractivity contribution in [1.29, 1.82) is 5.26 Å². The molecule has 0 bridgehead atoms. The third-order valence-electron chi connectivity index (χ3n) is 8.87. The zero-order valence-corrected chi connectivity index (χ0v) is 25.9. The largest absolute Gasteiger partial charge is 0.462 e. The molecule has 0 spiro atoms. The summed E-state index contributed by atoms with van der Waals surface area (Å²) in [5, 5.41) is 11.8. The lowest BCUT2D eigenvalue weighted by molar-refractivity contribution is -0.131. The molecule has 0 saturated carbocycles. The number of nitrogens with zero attached hydrogens (tertiary/aromatic N) is 7. The van der Waals surface area contributed by atoms with E-state index < -0.39 is 17.8 Å². The van der Waals surface area contributed by atoms with Gasteiger partial charge >= 0.3 is 6.01 Å². The summed E-state index contributed by atoms with van der Waals surface area (Å²) in [5.41, 5.74) is 3.09. The summed E-state index contributed by atoms with van der Waals surface area (Å²) in [6, 6.07) is 14.9. The summed E-state index contributed by atoms with van der Waals surface area (Å²) >= 11 is 3.76. The van der Waals surface area contributed by atoms with E-state index in [-0.39, 0.29) is 13.0 Å². The lowest BCUT2D eigenvalue weighted by Crippen LogP contribution is -2.55. The van der Waals surface area contributed by atoms with Crippen molar-refractivity contribution >= 4 is 44.1 Å². The van der Waals surface area contributed by atoms with Crippen molar-refractivity contribution in [2.45, 2.75) is 44.3 Å². The lowest BCUT2D eigenvalue weighted by Gasteiger charge is -2.42. The minimum absolute atomic E-state index is 0.0872. The van der Waals surface area contributed by atoms with Gasteiger partial charge in [0, 0.05) is 53.3 Å². The van der Waals surface area contributed by atoms with Gasteiger partial charge in [-0.25, -0.2) is 4.39 Å². The highest BCUT2D eigenvalue weighted by Crippen LogP contribution is 2.37. The van der Waals surface area contributed by atoms with Gasteiger partial charge in [0.25, 0.3) is 5.91 Å². The zero-order valence-electron chi connectivity index (χ0n) is 24.3. The van der Waals surface area contributed by atoms with E-state index in [1.165, 1.54) is 4.90 Å². The fourth-order valence-corrected chi connectivity index (χ4v) is 7.16. The first-order valence-corrected chi connectivity index (χ1v) is 15.6. The number of anilines is 2. The van der Waals surface area contributed by atoms with E-state index in [0.717, 1.165) is 70.4 Å². The molecule has 0 unspecified atom stereocenters. The molecule has 224 valence electrons. The molecule has 0 N–H and O–H groups in total. The average molecular weight is 649 g/mol. The molecular formula is C32H35BrFN7O2. The standard InChI is InChI=1S/C32H35BrFN7O2/c1-21(34)31(42)41-17-16-40(18-23(41)11-13-35)30-25-12-15-39(28-10-4-7-22-6-3-9-26(33)29(22)28)19-27(25)36-32(37-30)43-20-24-8-5-14-38(24)2/h3-4,6-7,9-10,23-24H,1,5,8,11-12,14-20H2,2H3/t23-,24-/m0/s1. The molecule has 2 atom stereocenters. The molecule has 2 aromatic carbocycles. The van der Waals surface area contributed by atoms with Gasteiger partial charge in [0.15, 0.2) is 5.83 Å². The SMILES string of the molecule is C=C(F)C(=O)N1CCN(c2nc(OC[C@@H]3CCCN3C)nc3c2CCN(c2cccc4cccc(Br)c24)C3)C[C@@H]1CC#N. The Hall–Kier alpha value is -3.75. The summed E-state index contributed by atoms with van der Waals surface area (Å²) in [6.07, 6.45) is 3.03. The maximum Gasteiger partial charge on any atom is 0.318 e. The molecule has 0 radical (unpaired) electrons. The monoisotopic (exact) mass is 647 g/mol. The van der Waals surface area contributed by atoms with Gasteiger partial charge in [0.2, 0.25) is 0 Å². The van der Waals surface area contributed by atoms with Crippen LogP contribution in [0.2, 0.25) is 0 Å². The second-order valence-corrected chi connectivity index (χ2v) is 12.3. The number of nitriles is 1.